The minimum absolute atomic E-state index is 0.0706. The highest BCUT2D eigenvalue weighted by Gasteiger charge is 2.19. The Hall–Kier alpha value is -1.14. The second-order valence-electron chi connectivity index (χ2n) is 5.36. The molecule has 0 atom stereocenters. The molecule has 6 heteroatoms. The standard InChI is InChI=1S/C14H27N3O3/c15-7-4-2-1-3-6-13(18)17-9-5-8-16(10-11-17)12-14(19)20/h1-12,15H2,(H,19,20). The second kappa shape index (κ2) is 9.72. The summed E-state index contributed by atoms with van der Waals surface area (Å²) in [5.74, 6) is -0.598. The number of unbranched alkanes of at least 4 members (excludes halogenated alkanes) is 3. The van der Waals surface area contributed by atoms with Gasteiger partial charge in [-0.05, 0) is 25.8 Å². The van der Waals surface area contributed by atoms with E-state index in [-0.39, 0.29) is 12.5 Å². The minimum atomic E-state index is -0.801. The lowest BCUT2D eigenvalue weighted by atomic mass is 10.1. The lowest BCUT2D eigenvalue weighted by molar-refractivity contribution is -0.138. The Labute approximate surface area is 120 Å². The van der Waals surface area contributed by atoms with Gasteiger partial charge in [0.25, 0.3) is 0 Å². The van der Waals surface area contributed by atoms with Gasteiger partial charge in [-0.3, -0.25) is 14.5 Å². The van der Waals surface area contributed by atoms with Crippen molar-refractivity contribution in [2.45, 2.75) is 38.5 Å². The molecule has 1 heterocycles. The van der Waals surface area contributed by atoms with Gasteiger partial charge >= 0.3 is 5.97 Å². The molecule has 1 aliphatic rings. The molecule has 20 heavy (non-hydrogen) atoms. The summed E-state index contributed by atoms with van der Waals surface area (Å²) in [5.41, 5.74) is 5.43. The van der Waals surface area contributed by atoms with E-state index in [4.69, 9.17) is 10.8 Å². The van der Waals surface area contributed by atoms with Crippen molar-refractivity contribution < 1.29 is 14.7 Å². The third kappa shape index (κ3) is 6.86. The lowest BCUT2D eigenvalue weighted by Crippen LogP contribution is -2.36. The third-order valence-corrected chi connectivity index (χ3v) is 3.64. The van der Waals surface area contributed by atoms with Gasteiger partial charge in [0, 0.05) is 32.6 Å². The van der Waals surface area contributed by atoms with Crippen LogP contribution in [0.5, 0.6) is 0 Å². The quantitative estimate of drug-likeness (QED) is 0.635. The molecule has 1 saturated heterocycles. The van der Waals surface area contributed by atoms with Crippen molar-refractivity contribution in [2.75, 3.05) is 39.3 Å². The van der Waals surface area contributed by atoms with E-state index >= 15 is 0 Å². The number of carbonyl (C=O) groups excluding carboxylic acids is 1. The third-order valence-electron chi connectivity index (χ3n) is 3.64. The molecule has 1 aliphatic heterocycles. The summed E-state index contributed by atoms with van der Waals surface area (Å²) in [5, 5.41) is 8.79. The van der Waals surface area contributed by atoms with Gasteiger partial charge < -0.3 is 15.7 Å². The van der Waals surface area contributed by atoms with Gasteiger partial charge in [0.2, 0.25) is 5.91 Å². The molecular formula is C14H27N3O3. The van der Waals surface area contributed by atoms with Crippen molar-refractivity contribution in [1.29, 1.82) is 0 Å². The molecule has 1 rings (SSSR count). The molecule has 116 valence electrons. The zero-order valence-corrected chi connectivity index (χ0v) is 12.2. The van der Waals surface area contributed by atoms with E-state index in [2.05, 4.69) is 0 Å². The van der Waals surface area contributed by atoms with Crippen LogP contribution in [-0.4, -0.2) is 66.1 Å². The highest BCUT2D eigenvalue weighted by Crippen LogP contribution is 2.08. The van der Waals surface area contributed by atoms with Gasteiger partial charge in [0.1, 0.15) is 0 Å². The van der Waals surface area contributed by atoms with E-state index in [0.717, 1.165) is 51.7 Å². The van der Waals surface area contributed by atoms with Crippen LogP contribution in [0.1, 0.15) is 38.5 Å². The first-order valence-electron chi connectivity index (χ1n) is 7.55. The average Bonchev–Trinajstić information content (AvgIpc) is 2.63. The molecule has 0 saturated carbocycles. The van der Waals surface area contributed by atoms with Gasteiger partial charge in [-0.1, -0.05) is 12.8 Å². The van der Waals surface area contributed by atoms with Crippen LogP contribution in [0.15, 0.2) is 0 Å². The minimum Gasteiger partial charge on any atom is -0.480 e. The molecule has 0 aromatic carbocycles. The molecule has 0 radical (unpaired) electrons. The van der Waals surface area contributed by atoms with Crippen molar-refractivity contribution >= 4 is 11.9 Å². The summed E-state index contributed by atoms with van der Waals surface area (Å²) in [6, 6.07) is 0. The maximum atomic E-state index is 12.1. The first-order chi connectivity index (χ1) is 9.63. The van der Waals surface area contributed by atoms with Gasteiger partial charge in [0.05, 0.1) is 6.54 Å². The van der Waals surface area contributed by atoms with Gasteiger partial charge in [-0.15, -0.1) is 0 Å². The molecule has 0 aromatic heterocycles. The Bertz CT molecular complexity index is 310. The number of rotatable bonds is 8. The molecule has 1 fully saturated rings. The number of carboxylic acid groups (broad SMARTS) is 1. The molecule has 0 unspecified atom stereocenters. The van der Waals surface area contributed by atoms with E-state index in [1.54, 1.807) is 0 Å². The molecule has 3 N–H and O–H groups in total. The monoisotopic (exact) mass is 285 g/mol. The van der Waals surface area contributed by atoms with Crippen LogP contribution < -0.4 is 5.73 Å². The van der Waals surface area contributed by atoms with E-state index < -0.39 is 5.97 Å². The summed E-state index contributed by atoms with van der Waals surface area (Å²) in [4.78, 5) is 26.5. The van der Waals surface area contributed by atoms with E-state index in [0.29, 0.717) is 19.5 Å². The number of amides is 1. The van der Waals surface area contributed by atoms with E-state index in [1.807, 2.05) is 9.80 Å². The Morgan fingerprint density at radius 2 is 1.75 bits per heavy atom. The molecule has 0 aromatic rings. The molecule has 6 nitrogen and oxygen atoms in total. The van der Waals surface area contributed by atoms with Gasteiger partial charge in [-0.25, -0.2) is 0 Å². The fourth-order valence-electron chi connectivity index (χ4n) is 2.50. The number of hydrogen-bond donors (Lipinski definition) is 2. The second-order valence-corrected chi connectivity index (χ2v) is 5.36. The predicted molar refractivity (Wildman–Crippen MR) is 77.4 cm³/mol. The van der Waals surface area contributed by atoms with Gasteiger partial charge in [0.15, 0.2) is 0 Å². The topological polar surface area (TPSA) is 86.9 Å². The highest BCUT2D eigenvalue weighted by molar-refractivity contribution is 5.76. The Morgan fingerprint density at radius 3 is 2.45 bits per heavy atom. The maximum absolute atomic E-state index is 12.1. The predicted octanol–water partition coefficient (Wildman–Crippen LogP) is 0.515. The van der Waals surface area contributed by atoms with Crippen LogP contribution in [0.3, 0.4) is 0 Å². The average molecular weight is 285 g/mol. The summed E-state index contributed by atoms with van der Waals surface area (Å²) in [7, 11) is 0. The van der Waals surface area contributed by atoms with Crippen LogP contribution in [0, 0.1) is 0 Å². The number of aliphatic carboxylic acids is 1. The van der Waals surface area contributed by atoms with Crippen LogP contribution >= 0.6 is 0 Å². The molecule has 0 aliphatic carbocycles. The summed E-state index contributed by atoms with van der Waals surface area (Å²) < 4.78 is 0. The van der Waals surface area contributed by atoms with Crippen LogP contribution in [-0.2, 0) is 9.59 Å². The fraction of sp³-hybridized carbons (Fsp3) is 0.857. The smallest absolute Gasteiger partial charge is 0.317 e. The maximum Gasteiger partial charge on any atom is 0.317 e. The molecule has 1 amide bonds. The molecular weight excluding hydrogens is 258 g/mol. The molecule has 0 spiro atoms. The molecule has 0 bridgehead atoms. The van der Waals surface area contributed by atoms with Crippen molar-refractivity contribution in [3.63, 3.8) is 0 Å². The zero-order valence-electron chi connectivity index (χ0n) is 12.2. The lowest BCUT2D eigenvalue weighted by Gasteiger charge is -2.21. The fourth-order valence-corrected chi connectivity index (χ4v) is 2.50. The Kier molecular flexibility index (Phi) is 8.22. The Balaban J connectivity index is 2.22. The first-order valence-corrected chi connectivity index (χ1v) is 7.55. The highest BCUT2D eigenvalue weighted by atomic mass is 16.4. The summed E-state index contributed by atoms with van der Waals surface area (Å²) >= 11 is 0. The summed E-state index contributed by atoms with van der Waals surface area (Å²) in [6.07, 6.45) is 5.56. The van der Waals surface area contributed by atoms with E-state index in [1.165, 1.54) is 0 Å². The largest absolute Gasteiger partial charge is 0.480 e. The zero-order chi connectivity index (χ0) is 14.8. The number of hydrogen-bond acceptors (Lipinski definition) is 4. The van der Waals surface area contributed by atoms with E-state index in [9.17, 15) is 9.59 Å². The first kappa shape index (κ1) is 16.9. The van der Waals surface area contributed by atoms with Gasteiger partial charge in [-0.2, -0.15) is 0 Å². The number of carboxylic acids is 1. The Morgan fingerprint density at radius 1 is 1.00 bits per heavy atom. The van der Waals surface area contributed by atoms with Crippen molar-refractivity contribution in [3.05, 3.63) is 0 Å². The SMILES string of the molecule is NCCCCCCC(=O)N1CCCN(CC(=O)O)CC1. The normalized spacial score (nSPS) is 16.9. The van der Waals surface area contributed by atoms with Crippen molar-refractivity contribution in [3.8, 4) is 0 Å². The number of nitrogens with zero attached hydrogens (tertiary/aromatic N) is 2. The van der Waals surface area contributed by atoms with Crippen molar-refractivity contribution in [2.24, 2.45) is 5.73 Å². The van der Waals surface area contributed by atoms with Crippen LogP contribution in [0.4, 0.5) is 0 Å². The van der Waals surface area contributed by atoms with Crippen molar-refractivity contribution in [1.82, 2.24) is 9.80 Å². The van der Waals surface area contributed by atoms with Crippen LogP contribution in [0.25, 0.3) is 0 Å². The number of carbonyl (C=O) groups is 2. The number of nitrogens with two attached hydrogens (primary N) is 1. The van der Waals surface area contributed by atoms with Crippen LogP contribution in [0.2, 0.25) is 0 Å². The summed E-state index contributed by atoms with van der Waals surface area (Å²) in [6.45, 7) is 3.60.